The molecule has 1 aliphatic rings. The van der Waals surface area contributed by atoms with Gasteiger partial charge in [0.2, 0.25) is 11.8 Å². The van der Waals surface area contributed by atoms with Crippen LogP contribution < -0.4 is 15.5 Å². The number of para-hydroxylation sites is 2. The number of hydrogen-bond donors (Lipinski definition) is 2. The second-order valence-corrected chi connectivity index (χ2v) is 8.10. The molecule has 0 atom stereocenters. The van der Waals surface area contributed by atoms with Gasteiger partial charge in [-0.05, 0) is 25.1 Å². The highest BCUT2D eigenvalue weighted by molar-refractivity contribution is 5.94. The minimum Gasteiger partial charge on any atom is -0.367 e. The minimum absolute atomic E-state index is 0.0134. The lowest BCUT2D eigenvalue weighted by Gasteiger charge is -2.36. The van der Waals surface area contributed by atoms with Crippen molar-refractivity contribution in [1.82, 2.24) is 10.2 Å². The summed E-state index contributed by atoms with van der Waals surface area (Å²) in [5.74, 6) is -0.000808. The third-order valence-electron chi connectivity index (χ3n) is 4.89. The Hall–Kier alpha value is -2.08. The molecule has 27 heavy (non-hydrogen) atoms. The van der Waals surface area contributed by atoms with Crippen LogP contribution in [-0.2, 0) is 9.59 Å². The average Bonchev–Trinajstić information content (AvgIpc) is 2.65. The third-order valence-corrected chi connectivity index (χ3v) is 4.89. The summed E-state index contributed by atoms with van der Waals surface area (Å²) in [6.07, 6.45) is 1.02. The Bertz CT molecular complexity index is 631. The first-order valence-corrected chi connectivity index (χ1v) is 9.95. The fraction of sp³-hybridized carbons (Fsp3) is 0.619. The van der Waals surface area contributed by atoms with Gasteiger partial charge in [0.25, 0.3) is 0 Å². The maximum Gasteiger partial charge on any atom is 0.225 e. The summed E-state index contributed by atoms with van der Waals surface area (Å²) in [7, 11) is 0. The van der Waals surface area contributed by atoms with E-state index in [1.807, 2.05) is 39.0 Å². The zero-order chi connectivity index (χ0) is 19.9. The van der Waals surface area contributed by atoms with Crippen molar-refractivity contribution in [2.45, 2.75) is 40.5 Å². The van der Waals surface area contributed by atoms with Crippen molar-refractivity contribution in [3.63, 3.8) is 0 Å². The van der Waals surface area contributed by atoms with Crippen molar-refractivity contribution < 1.29 is 9.59 Å². The van der Waals surface area contributed by atoms with Gasteiger partial charge in [0.15, 0.2) is 0 Å². The summed E-state index contributed by atoms with van der Waals surface area (Å²) in [5.41, 5.74) is 1.55. The first-order valence-electron chi connectivity index (χ1n) is 9.95. The van der Waals surface area contributed by atoms with Gasteiger partial charge >= 0.3 is 0 Å². The summed E-state index contributed by atoms with van der Waals surface area (Å²) < 4.78 is 0. The molecule has 2 amide bonds. The van der Waals surface area contributed by atoms with E-state index in [1.54, 1.807) is 0 Å². The second kappa shape index (κ2) is 9.74. The molecule has 1 aliphatic heterocycles. The topological polar surface area (TPSA) is 64.7 Å². The van der Waals surface area contributed by atoms with Gasteiger partial charge in [-0.15, -0.1) is 0 Å². The number of anilines is 2. The number of benzene rings is 1. The molecule has 2 N–H and O–H groups in total. The van der Waals surface area contributed by atoms with E-state index in [9.17, 15) is 9.59 Å². The molecule has 1 heterocycles. The number of piperazine rings is 1. The summed E-state index contributed by atoms with van der Waals surface area (Å²) in [5, 5.41) is 5.93. The van der Waals surface area contributed by atoms with Gasteiger partial charge in [-0.3, -0.25) is 9.59 Å². The van der Waals surface area contributed by atoms with Crippen LogP contribution in [0.5, 0.6) is 0 Å². The van der Waals surface area contributed by atoms with Gasteiger partial charge in [0, 0.05) is 44.6 Å². The maximum atomic E-state index is 12.3. The highest BCUT2D eigenvalue weighted by Gasteiger charge is 2.21. The van der Waals surface area contributed by atoms with E-state index in [-0.39, 0.29) is 11.8 Å². The highest BCUT2D eigenvalue weighted by Crippen LogP contribution is 2.26. The molecule has 0 unspecified atom stereocenters. The Morgan fingerprint density at radius 1 is 1.07 bits per heavy atom. The maximum absolute atomic E-state index is 12.3. The van der Waals surface area contributed by atoms with Crippen LogP contribution in [0.4, 0.5) is 11.4 Å². The van der Waals surface area contributed by atoms with Gasteiger partial charge in [-0.1, -0.05) is 39.8 Å². The molecule has 0 spiro atoms. The average molecular weight is 375 g/mol. The molecule has 1 aromatic rings. The van der Waals surface area contributed by atoms with Crippen LogP contribution in [0.1, 0.15) is 40.5 Å². The van der Waals surface area contributed by atoms with Crippen LogP contribution in [0, 0.1) is 5.41 Å². The largest absolute Gasteiger partial charge is 0.367 e. The third kappa shape index (κ3) is 6.54. The molecule has 1 aromatic carbocycles. The summed E-state index contributed by atoms with van der Waals surface area (Å²) in [4.78, 5) is 29.0. The van der Waals surface area contributed by atoms with Crippen molar-refractivity contribution in [2.75, 3.05) is 49.5 Å². The van der Waals surface area contributed by atoms with E-state index in [4.69, 9.17) is 0 Å². The number of nitrogens with zero attached hydrogens (tertiary/aromatic N) is 2. The molecule has 1 fully saturated rings. The molecular weight excluding hydrogens is 340 g/mol. The monoisotopic (exact) mass is 374 g/mol. The summed E-state index contributed by atoms with van der Waals surface area (Å²) in [6, 6.07) is 7.99. The Morgan fingerprint density at radius 2 is 1.74 bits per heavy atom. The van der Waals surface area contributed by atoms with Crippen molar-refractivity contribution in [3.05, 3.63) is 24.3 Å². The van der Waals surface area contributed by atoms with E-state index in [0.29, 0.717) is 19.4 Å². The van der Waals surface area contributed by atoms with Crippen molar-refractivity contribution in [3.8, 4) is 0 Å². The normalized spacial score (nSPS) is 15.5. The molecular formula is C21H34N4O2. The number of rotatable bonds is 7. The van der Waals surface area contributed by atoms with E-state index in [2.05, 4.69) is 33.4 Å². The van der Waals surface area contributed by atoms with Crippen molar-refractivity contribution in [2.24, 2.45) is 5.41 Å². The van der Waals surface area contributed by atoms with Crippen molar-refractivity contribution >= 4 is 23.2 Å². The molecule has 0 radical (unpaired) electrons. The number of carbonyl (C=O) groups excluding carboxylic acids is 2. The van der Waals surface area contributed by atoms with Crippen LogP contribution in [0.2, 0.25) is 0 Å². The molecule has 0 aromatic heterocycles. The number of hydrogen-bond acceptors (Lipinski definition) is 4. The van der Waals surface area contributed by atoms with E-state index >= 15 is 0 Å². The molecule has 1 saturated heterocycles. The Morgan fingerprint density at radius 3 is 2.37 bits per heavy atom. The van der Waals surface area contributed by atoms with E-state index in [1.165, 1.54) is 0 Å². The fourth-order valence-corrected chi connectivity index (χ4v) is 3.09. The molecule has 2 rings (SSSR count). The van der Waals surface area contributed by atoms with Gasteiger partial charge in [-0.25, -0.2) is 0 Å². The predicted molar refractivity (Wildman–Crippen MR) is 111 cm³/mol. The molecule has 0 aliphatic carbocycles. The molecule has 0 bridgehead atoms. The standard InChI is InChI=1S/C21H34N4O2/c1-5-24-13-15-25(16-14-24)18-10-7-6-9-17(18)23-19(26)11-8-12-22-20(27)21(2,3)4/h6-7,9-10H,5,8,11-16H2,1-4H3,(H,22,27)(H,23,26). The van der Waals surface area contributed by atoms with Crippen LogP contribution in [-0.4, -0.2) is 56.0 Å². The first kappa shape index (κ1) is 21.2. The predicted octanol–water partition coefficient (Wildman–Crippen LogP) is 2.71. The number of carbonyl (C=O) groups is 2. The van der Waals surface area contributed by atoms with Crippen molar-refractivity contribution in [1.29, 1.82) is 0 Å². The Kier molecular flexibility index (Phi) is 7.66. The quantitative estimate of drug-likeness (QED) is 0.720. The molecule has 150 valence electrons. The molecule has 6 nitrogen and oxygen atoms in total. The lowest BCUT2D eigenvalue weighted by atomic mass is 9.96. The van der Waals surface area contributed by atoms with E-state index in [0.717, 1.165) is 44.1 Å². The van der Waals surface area contributed by atoms with E-state index < -0.39 is 5.41 Å². The number of amides is 2. The zero-order valence-corrected chi connectivity index (χ0v) is 17.2. The van der Waals surface area contributed by atoms with Crippen LogP contribution in [0.3, 0.4) is 0 Å². The second-order valence-electron chi connectivity index (χ2n) is 8.10. The van der Waals surface area contributed by atoms with Gasteiger partial charge in [0.1, 0.15) is 0 Å². The molecule has 6 heteroatoms. The van der Waals surface area contributed by atoms with Crippen LogP contribution >= 0.6 is 0 Å². The zero-order valence-electron chi connectivity index (χ0n) is 17.2. The highest BCUT2D eigenvalue weighted by atomic mass is 16.2. The summed E-state index contributed by atoms with van der Waals surface area (Å²) >= 11 is 0. The van der Waals surface area contributed by atoms with Gasteiger partial charge < -0.3 is 20.4 Å². The lowest BCUT2D eigenvalue weighted by molar-refractivity contribution is -0.128. The first-order chi connectivity index (χ1) is 12.8. The number of nitrogens with one attached hydrogen (secondary N) is 2. The van der Waals surface area contributed by atoms with Gasteiger partial charge in [0.05, 0.1) is 11.4 Å². The fourth-order valence-electron chi connectivity index (χ4n) is 3.09. The summed E-state index contributed by atoms with van der Waals surface area (Å²) in [6.45, 7) is 13.5. The smallest absolute Gasteiger partial charge is 0.225 e. The SMILES string of the molecule is CCN1CCN(c2ccccc2NC(=O)CCCNC(=O)C(C)(C)C)CC1. The van der Waals surface area contributed by atoms with Crippen LogP contribution in [0.15, 0.2) is 24.3 Å². The minimum atomic E-state index is -0.400. The Labute approximate surface area is 163 Å². The Balaban J connectivity index is 1.83. The van der Waals surface area contributed by atoms with Gasteiger partial charge in [-0.2, -0.15) is 0 Å². The number of likely N-dealkylation sites (N-methyl/N-ethyl adjacent to an activating group) is 1. The lowest BCUT2D eigenvalue weighted by Crippen LogP contribution is -2.46. The molecule has 0 saturated carbocycles. The van der Waals surface area contributed by atoms with Crippen LogP contribution in [0.25, 0.3) is 0 Å².